The molecule has 2 rings (SSSR count). The molecule has 0 aliphatic carbocycles. The van der Waals surface area contributed by atoms with Crippen LogP contribution in [0.15, 0.2) is 36.5 Å². The first-order valence-corrected chi connectivity index (χ1v) is 11.0. The fourth-order valence-electron chi connectivity index (χ4n) is 1.98. The molecule has 0 bridgehead atoms. The van der Waals surface area contributed by atoms with Crippen LogP contribution < -0.4 is 0 Å². The van der Waals surface area contributed by atoms with Crippen LogP contribution in [0.3, 0.4) is 0 Å². The maximum absolute atomic E-state index is 10.7. The lowest BCUT2D eigenvalue weighted by Crippen LogP contribution is -2.40. The Morgan fingerprint density at radius 1 is 1.21 bits per heavy atom. The summed E-state index contributed by atoms with van der Waals surface area (Å²) in [7, 11) is -1.75. The molecule has 0 radical (unpaired) electrons. The predicted molar refractivity (Wildman–Crippen MR) is 96.9 cm³/mol. The molecule has 0 amide bonds. The summed E-state index contributed by atoms with van der Waals surface area (Å²) in [5, 5.41) is 13.3. The van der Waals surface area contributed by atoms with E-state index in [1.54, 1.807) is 16.9 Å². The zero-order valence-corrected chi connectivity index (χ0v) is 16.0. The second kappa shape index (κ2) is 6.90. The van der Waals surface area contributed by atoms with Gasteiger partial charge in [-0.25, -0.2) is 4.68 Å². The topological polar surface area (TPSA) is 64.3 Å². The summed E-state index contributed by atoms with van der Waals surface area (Å²) in [5.74, 6) is -0.877. The quantitative estimate of drug-likeness (QED) is 0.802. The van der Waals surface area contributed by atoms with Crippen LogP contribution in [0.4, 0.5) is 0 Å². The lowest BCUT2D eigenvalue weighted by molar-refractivity contribution is -0.136. The maximum Gasteiger partial charge on any atom is 0.309 e. The molecule has 1 aromatic heterocycles. The van der Waals surface area contributed by atoms with E-state index in [2.05, 4.69) is 39.0 Å². The minimum atomic E-state index is -1.75. The Morgan fingerprint density at radius 2 is 1.83 bits per heavy atom. The Hall–Kier alpha value is -1.92. The van der Waals surface area contributed by atoms with Gasteiger partial charge in [-0.15, -0.1) is 0 Å². The molecular weight excluding hydrogens is 320 g/mol. The average Bonchev–Trinajstić information content (AvgIpc) is 2.92. The number of hydrogen-bond acceptors (Lipinski definition) is 3. The smallest absolute Gasteiger partial charge is 0.309 e. The van der Waals surface area contributed by atoms with Gasteiger partial charge in [0, 0.05) is 6.20 Å². The van der Waals surface area contributed by atoms with Gasteiger partial charge in [-0.2, -0.15) is 5.10 Å². The van der Waals surface area contributed by atoms with E-state index >= 15 is 0 Å². The van der Waals surface area contributed by atoms with E-state index in [1.807, 2.05) is 24.3 Å². The van der Waals surface area contributed by atoms with Crippen LogP contribution in [-0.2, 0) is 22.2 Å². The molecule has 0 spiro atoms. The molecule has 0 saturated carbocycles. The number of carbonyl (C=O) groups is 1. The molecule has 0 aliphatic rings. The van der Waals surface area contributed by atoms with Gasteiger partial charge in [0.05, 0.1) is 24.4 Å². The Labute approximate surface area is 144 Å². The number of carboxylic acid groups (broad SMARTS) is 1. The third kappa shape index (κ3) is 4.55. The summed E-state index contributed by atoms with van der Waals surface area (Å²) in [6.45, 7) is 11.8. The molecule has 1 aromatic carbocycles. The van der Waals surface area contributed by atoms with Crippen LogP contribution in [-0.4, -0.2) is 29.2 Å². The molecule has 0 unspecified atom stereocenters. The highest BCUT2D eigenvalue weighted by atomic mass is 28.4. The third-order valence-corrected chi connectivity index (χ3v) is 9.06. The van der Waals surface area contributed by atoms with Crippen LogP contribution in [0.5, 0.6) is 0 Å². The zero-order valence-electron chi connectivity index (χ0n) is 15.0. The summed E-state index contributed by atoms with van der Waals surface area (Å²) in [6, 6.07) is 9.73. The molecule has 1 N–H and O–H groups in total. The molecule has 6 heteroatoms. The fraction of sp³-hybridized carbons (Fsp3) is 0.444. The van der Waals surface area contributed by atoms with E-state index in [1.165, 1.54) is 0 Å². The highest BCUT2D eigenvalue weighted by Gasteiger charge is 2.36. The minimum absolute atomic E-state index is 0.0641. The number of aromatic nitrogens is 2. The van der Waals surface area contributed by atoms with Gasteiger partial charge in [-0.05, 0) is 41.9 Å². The standard InChI is InChI=1S/C18H26N2O3Si/c1-18(2,3)24(4,5)23-13-14-6-8-16(9-7-14)20-11-10-15(19-20)12-17(21)22/h6-11H,12-13H2,1-5H3,(H,21,22). The van der Waals surface area contributed by atoms with Crippen molar-refractivity contribution in [1.29, 1.82) is 0 Å². The van der Waals surface area contributed by atoms with Gasteiger partial charge in [0.25, 0.3) is 0 Å². The molecule has 0 aliphatic heterocycles. The number of carboxylic acids is 1. The van der Waals surface area contributed by atoms with Crippen LogP contribution in [0, 0.1) is 0 Å². The average molecular weight is 347 g/mol. The van der Waals surface area contributed by atoms with Crippen LogP contribution >= 0.6 is 0 Å². The van der Waals surface area contributed by atoms with Gasteiger partial charge >= 0.3 is 5.97 Å². The van der Waals surface area contributed by atoms with E-state index in [-0.39, 0.29) is 11.5 Å². The van der Waals surface area contributed by atoms with E-state index in [0.717, 1.165) is 11.3 Å². The Bertz CT molecular complexity index is 700. The Morgan fingerprint density at radius 3 is 2.38 bits per heavy atom. The third-order valence-electron chi connectivity index (χ3n) is 4.58. The van der Waals surface area contributed by atoms with Crippen LogP contribution in [0.25, 0.3) is 5.69 Å². The Kier molecular flexibility index (Phi) is 5.30. The van der Waals surface area contributed by atoms with E-state index in [0.29, 0.717) is 12.3 Å². The van der Waals surface area contributed by atoms with Crippen LogP contribution in [0.1, 0.15) is 32.0 Å². The first-order chi connectivity index (χ1) is 11.1. The molecule has 24 heavy (non-hydrogen) atoms. The summed E-state index contributed by atoms with van der Waals surface area (Å²) in [4.78, 5) is 10.7. The van der Waals surface area contributed by atoms with Crippen molar-refractivity contribution in [3.05, 3.63) is 47.8 Å². The van der Waals surface area contributed by atoms with Crippen molar-refractivity contribution in [3.63, 3.8) is 0 Å². The van der Waals surface area contributed by atoms with E-state index < -0.39 is 14.3 Å². The maximum atomic E-state index is 10.7. The van der Waals surface area contributed by atoms with Crippen molar-refractivity contribution in [2.45, 2.75) is 51.9 Å². The normalized spacial score (nSPS) is 12.4. The molecule has 0 fully saturated rings. The SMILES string of the molecule is CC(C)(C)[Si](C)(C)OCc1ccc(-n2ccc(CC(=O)O)n2)cc1. The minimum Gasteiger partial charge on any atom is -0.481 e. The number of aliphatic carboxylic acids is 1. The van der Waals surface area contributed by atoms with Gasteiger partial charge in [0.1, 0.15) is 0 Å². The summed E-state index contributed by atoms with van der Waals surface area (Å²) in [6.07, 6.45) is 1.71. The van der Waals surface area contributed by atoms with Gasteiger partial charge in [-0.1, -0.05) is 32.9 Å². The van der Waals surface area contributed by atoms with Crippen molar-refractivity contribution in [2.75, 3.05) is 0 Å². The van der Waals surface area contributed by atoms with Crippen molar-refractivity contribution in [1.82, 2.24) is 9.78 Å². The molecule has 1 heterocycles. The summed E-state index contributed by atoms with van der Waals surface area (Å²) in [5.41, 5.74) is 2.58. The van der Waals surface area contributed by atoms with E-state index in [9.17, 15) is 4.79 Å². The monoisotopic (exact) mass is 346 g/mol. The van der Waals surface area contributed by atoms with Crippen molar-refractivity contribution >= 4 is 14.3 Å². The second-order valence-electron chi connectivity index (χ2n) is 7.54. The lowest BCUT2D eigenvalue weighted by atomic mass is 10.2. The zero-order chi connectivity index (χ0) is 18.0. The van der Waals surface area contributed by atoms with Crippen molar-refractivity contribution in [2.24, 2.45) is 0 Å². The first-order valence-electron chi connectivity index (χ1n) is 8.08. The molecule has 130 valence electrons. The second-order valence-corrected chi connectivity index (χ2v) is 12.3. The lowest BCUT2D eigenvalue weighted by Gasteiger charge is -2.36. The van der Waals surface area contributed by atoms with Gasteiger partial charge in [0.15, 0.2) is 8.32 Å². The summed E-state index contributed by atoms with van der Waals surface area (Å²) >= 11 is 0. The largest absolute Gasteiger partial charge is 0.481 e. The molecular formula is C18H26N2O3Si. The number of hydrogen-bond donors (Lipinski definition) is 1. The number of rotatable bonds is 6. The first kappa shape index (κ1) is 18.4. The Balaban J connectivity index is 2.03. The van der Waals surface area contributed by atoms with Gasteiger partial charge in [0.2, 0.25) is 0 Å². The fourth-order valence-corrected chi connectivity index (χ4v) is 2.94. The molecule has 0 atom stereocenters. The molecule has 0 saturated heterocycles. The number of benzene rings is 1. The van der Waals surface area contributed by atoms with Crippen molar-refractivity contribution < 1.29 is 14.3 Å². The van der Waals surface area contributed by atoms with Crippen molar-refractivity contribution in [3.8, 4) is 5.69 Å². The molecule has 5 nitrogen and oxygen atoms in total. The molecule has 2 aromatic rings. The summed E-state index contributed by atoms with van der Waals surface area (Å²) < 4.78 is 7.92. The van der Waals surface area contributed by atoms with E-state index in [4.69, 9.17) is 9.53 Å². The highest BCUT2D eigenvalue weighted by molar-refractivity contribution is 6.74. The number of nitrogens with zero attached hydrogens (tertiary/aromatic N) is 2. The van der Waals surface area contributed by atoms with Gasteiger partial charge < -0.3 is 9.53 Å². The highest BCUT2D eigenvalue weighted by Crippen LogP contribution is 2.37. The van der Waals surface area contributed by atoms with Crippen LogP contribution in [0.2, 0.25) is 18.1 Å². The predicted octanol–water partition coefficient (Wildman–Crippen LogP) is 4.02. The van der Waals surface area contributed by atoms with Gasteiger partial charge in [-0.3, -0.25) is 4.79 Å².